The van der Waals surface area contributed by atoms with E-state index in [1.165, 1.54) is 18.4 Å². The zero-order valence-electron chi connectivity index (χ0n) is 11.9. The quantitative estimate of drug-likeness (QED) is 0.843. The van der Waals surface area contributed by atoms with Gasteiger partial charge in [0.1, 0.15) is 11.9 Å². The summed E-state index contributed by atoms with van der Waals surface area (Å²) in [7, 11) is 0. The molecule has 2 fully saturated rings. The summed E-state index contributed by atoms with van der Waals surface area (Å²) in [5.41, 5.74) is 7.80. The summed E-state index contributed by atoms with van der Waals surface area (Å²) in [6.07, 6.45) is 6.33. The van der Waals surface area contributed by atoms with Crippen molar-refractivity contribution >= 4 is 11.7 Å². The number of nitrogens with two attached hydrogens (primary N) is 1. The Labute approximate surface area is 119 Å². The molecule has 108 valence electrons. The first-order chi connectivity index (χ1) is 9.65. The lowest BCUT2D eigenvalue weighted by atomic mass is 10.1. The van der Waals surface area contributed by atoms with E-state index in [4.69, 9.17) is 5.73 Å². The number of nitrogens with zero attached hydrogens (tertiary/aromatic N) is 2. The Kier molecular flexibility index (Phi) is 3.61. The highest BCUT2D eigenvalue weighted by Crippen LogP contribution is 2.27. The highest BCUT2D eigenvalue weighted by atomic mass is 16.1. The van der Waals surface area contributed by atoms with Crippen molar-refractivity contribution in [2.45, 2.75) is 51.2 Å². The van der Waals surface area contributed by atoms with Gasteiger partial charge in [-0.25, -0.2) is 4.98 Å². The minimum atomic E-state index is -0.247. The van der Waals surface area contributed by atoms with Crippen molar-refractivity contribution in [1.82, 2.24) is 10.3 Å². The average Bonchev–Trinajstić information content (AvgIpc) is 3.11. The smallest absolute Gasteiger partial charge is 0.240 e. The third-order valence-corrected chi connectivity index (χ3v) is 4.13. The molecule has 1 unspecified atom stereocenters. The Morgan fingerprint density at radius 1 is 1.50 bits per heavy atom. The Morgan fingerprint density at radius 2 is 2.30 bits per heavy atom. The summed E-state index contributed by atoms with van der Waals surface area (Å²) in [6.45, 7) is 3.79. The number of rotatable bonds is 5. The number of hydrogen-bond donors (Lipinski definition) is 2. The molecular formula is C15H22N4O. The normalized spacial score (nSPS) is 22.2. The van der Waals surface area contributed by atoms with Crippen LogP contribution in [-0.2, 0) is 11.3 Å². The summed E-state index contributed by atoms with van der Waals surface area (Å²) >= 11 is 0. The average molecular weight is 274 g/mol. The van der Waals surface area contributed by atoms with Gasteiger partial charge in [-0.1, -0.05) is 0 Å². The van der Waals surface area contributed by atoms with E-state index in [-0.39, 0.29) is 11.9 Å². The van der Waals surface area contributed by atoms with Gasteiger partial charge in [-0.2, -0.15) is 0 Å². The number of nitrogens with one attached hydrogen (secondary N) is 1. The second-order valence-corrected chi connectivity index (χ2v) is 5.89. The van der Waals surface area contributed by atoms with Crippen LogP contribution in [0, 0.1) is 6.92 Å². The van der Waals surface area contributed by atoms with E-state index in [2.05, 4.69) is 28.2 Å². The maximum absolute atomic E-state index is 11.5. The van der Waals surface area contributed by atoms with Crippen LogP contribution in [0.25, 0.3) is 0 Å². The molecule has 2 heterocycles. The number of primary amides is 1. The molecule has 5 nitrogen and oxygen atoms in total. The van der Waals surface area contributed by atoms with Crippen molar-refractivity contribution in [1.29, 1.82) is 0 Å². The minimum absolute atomic E-state index is 0.198. The van der Waals surface area contributed by atoms with Gasteiger partial charge in [-0.15, -0.1) is 0 Å². The van der Waals surface area contributed by atoms with Crippen LogP contribution in [0.5, 0.6) is 0 Å². The van der Waals surface area contributed by atoms with Gasteiger partial charge < -0.3 is 16.0 Å². The number of anilines is 1. The monoisotopic (exact) mass is 274 g/mol. The summed E-state index contributed by atoms with van der Waals surface area (Å²) in [5, 5.41) is 3.49. The molecule has 1 aromatic heterocycles. The van der Waals surface area contributed by atoms with Crippen LogP contribution in [0.4, 0.5) is 5.82 Å². The fraction of sp³-hybridized carbons (Fsp3) is 0.600. The van der Waals surface area contributed by atoms with E-state index in [0.29, 0.717) is 6.04 Å². The van der Waals surface area contributed by atoms with Crippen LogP contribution in [0.15, 0.2) is 12.3 Å². The van der Waals surface area contributed by atoms with Gasteiger partial charge in [-0.05, 0) is 49.8 Å². The lowest BCUT2D eigenvalue weighted by Crippen LogP contribution is -2.41. The molecule has 3 N–H and O–H groups in total. The molecule has 1 atom stereocenters. The summed E-state index contributed by atoms with van der Waals surface area (Å²) < 4.78 is 0. The van der Waals surface area contributed by atoms with Gasteiger partial charge in [0, 0.05) is 25.3 Å². The van der Waals surface area contributed by atoms with Crippen LogP contribution in [0.2, 0.25) is 0 Å². The standard InChI is InChI=1S/C15H22N4O/c1-10-7-11(8-17-12-4-5-12)9-18-15(10)19-6-2-3-13(19)14(16)20/h7,9,12-13,17H,2-6,8H2,1H3,(H2,16,20). The molecule has 1 saturated heterocycles. The first-order valence-electron chi connectivity index (χ1n) is 7.40. The maximum Gasteiger partial charge on any atom is 0.240 e. The first kappa shape index (κ1) is 13.4. The molecule has 1 amide bonds. The molecule has 0 bridgehead atoms. The first-order valence-corrected chi connectivity index (χ1v) is 7.40. The second-order valence-electron chi connectivity index (χ2n) is 5.89. The molecule has 0 radical (unpaired) electrons. The fourth-order valence-electron chi connectivity index (χ4n) is 2.89. The van der Waals surface area contributed by atoms with Crippen molar-refractivity contribution in [3.8, 4) is 0 Å². The Balaban J connectivity index is 1.74. The molecule has 0 aromatic carbocycles. The maximum atomic E-state index is 11.5. The van der Waals surface area contributed by atoms with Crippen molar-refractivity contribution < 1.29 is 4.79 Å². The molecule has 20 heavy (non-hydrogen) atoms. The highest BCUT2D eigenvalue weighted by Gasteiger charge is 2.30. The topological polar surface area (TPSA) is 71.2 Å². The van der Waals surface area contributed by atoms with Crippen molar-refractivity contribution in [2.75, 3.05) is 11.4 Å². The van der Waals surface area contributed by atoms with Gasteiger partial charge >= 0.3 is 0 Å². The highest BCUT2D eigenvalue weighted by molar-refractivity contribution is 5.84. The number of carbonyl (C=O) groups is 1. The summed E-state index contributed by atoms with van der Waals surface area (Å²) in [4.78, 5) is 18.1. The fourth-order valence-corrected chi connectivity index (χ4v) is 2.89. The van der Waals surface area contributed by atoms with Crippen LogP contribution < -0.4 is 16.0 Å². The number of hydrogen-bond acceptors (Lipinski definition) is 4. The molecule has 1 aliphatic heterocycles. The van der Waals surface area contributed by atoms with E-state index >= 15 is 0 Å². The predicted octanol–water partition coefficient (Wildman–Crippen LogP) is 1.10. The van der Waals surface area contributed by atoms with Crippen molar-refractivity contribution in [3.63, 3.8) is 0 Å². The predicted molar refractivity (Wildman–Crippen MR) is 78.4 cm³/mol. The molecule has 1 aromatic rings. The molecule has 0 spiro atoms. The van der Waals surface area contributed by atoms with Crippen LogP contribution in [-0.4, -0.2) is 29.5 Å². The molecule has 1 aliphatic carbocycles. The Hall–Kier alpha value is -1.62. The van der Waals surface area contributed by atoms with Crippen molar-refractivity contribution in [3.05, 3.63) is 23.4 Å². The molecule has 3 rings (SSSR count). The lowest BCUT2D eigenvalue weighted by molar-refractivity contribution is -0.119. The van der Waals surface area contributed by atoms with Gasteiger partial charge in [0.05, 0.1) is 0 Å². The van der Waals surface area contributed by atoms with Crippen molar-refractivity contribution in [2.24, 2.45) is 5.73 Å². The van der Waals surface area contributed by atoms with E-state index < -0.39 is 0 Å². The number of pyridine rings is 1. The number of aryl methyl sites for hydroxylation is 1. The summed E-state index contributed by atoms with van der Waals surface area (Å²) in [6, 6.07) is 2.66. The number of amides is 1. The zero-order chi connectivity index (χ0) is 14.1. The van der Waals surface area contributed by atoms with Crippen LogP contribution in [0.3, 0.4) is 0 Å². The van der Waals surface area contributed by atoms with Gasteiger partial charge in [0.2, 0.25) is 5.91 Å². The second kappa shape index (κ2) is 5.40. The Bertz CT molecular complexity index is 513. The van der Waals surface area contributed by atoms with Gasteiger partial charge in [0.25, 0.3) is 0 Å². The van der Waals surface area contributed by atoms with E-state index in [1.54, 1.807) is 0 Å². The van der Waals surface area contributed by atoms with Crippen LogP contribution in [0.1, 0.15) is 36.8 Å². The van der Waals surface area contributed by atoms with Crippen LogP contribution >= 0.6 is 0 Å². The third-order valence-electron chi connectivity index (χ3n) is 4.13. The SMILES string of the molecule is Cc1cc(CNC2CC2)cnc1N1CCCC1C(N)=O. The molecule has 1 saturated carbocycles. The van der Waals surface area contributed by atoms with Gasteiger partial charge in [-0.3, -0.25) is 4.79 Å². The third kappa shape index (κ3) is 2.77. The van der Waals surface area contributed by atoms with E-state index in [0.717, 1.165) is 37.3 Å². The lowest BCUT2D eigenvalue weighted by Gasteiger charge is -2.25. The molecular weight excluding hydrogens is 252 g/mol. The zero-order valence-corrected chi connectivity index (χ0v) is 11.9. The summed E-state index contributed by atoms with van der Waals surface area (Å²) in [5.74, 6) is 0.657. The van der Waals surface area contributed by atoms with E-state index in [1.807, 2.05) is 6.20 Å². The molecule has 2 aliphatic rings. The largest absolute Gasteiger partial charge is 0.368 e. The molecule has 5 heteroatoms. The minimum Gasteiger partial charge on any atom is -0.368 e. The van der Waals surface area contributed by atoms with Gasteiger partial charge in [0.15, 0.2) is 0 Å². The van der Waals surface area contributed by atoms with E-state index in [9.17, 15) is 4.79 Å². The number of carbonyl (C=O) groups excluding carboxylic acids is 1. The number of aromatic nitrogens is 1. The Morgan fingerprint density at radius 3 is 2.95 bits per heavy atom.